The summed E-state index contributed by atoms with van der Waals surface area (Å²) in [5, 5.41) is 2.95. The third-order valence-corrected chi connectivity index (χ3v) is 2.48. The summed E-state index contributed by atoms with van der Waals surface area (Å²) in [4.78, 5) is 13.6. The zero-order valence-corrected chi connectivity index (χ0v) is 10.7. The molecule has 17 heavy (non-hydrogen) atoms. The van der Waals surface area contributed by atoms with Crippen LogP contribution in [0.1, 0.15) is 16.8 Å². The minimum Gasteiger partial charge on any atom is -0.352 e. The Morgan fingerprint density at radius 3 is 2.76 bits per heavy atom. The fourth-order valence-corrected chi connectivity index (χ4v) is 1.52. The maximum absolute atomic E-state index is 13.4. The third-order valence-electron chi connectivity index (χ3n) is 2.24. The maximum atomic E-state index is 13.4. The summed E-state index contributed by atoms with van der Waals surface area (Å²) in [6, 6.07) is 4.02. The highest BCUT2D eigenvalue weighted by molar-refractivity contribution is 6.30. The number of hydrogen-bond acceptors (Lipinski definition) is 2. The first-order valence-electron chi connectivity index (χ1n) is 5.38. The molecule has 0 atom stereocenters. The lowest BCUT2D eigenvalue weighted by molar-refractivity contribution is 0.0948. The molecule has 1 N–H and O–H groups in total. The molecule has 0 fully saturated rings. The van der Waals surface area contributed by atoms with Gasteiger partial charge in [-0.3, -0.25) is 4.79 Å². The van der Waals surface area contributed by atoms with Gasteiger partial charge in [0.25, 0.3) is 5.91 Å². The third kappa shape index (κ3) is 4.71. The second-order valence-corrected chi connectivity index (χ2v) is 4.47. The summed E-state index contributed by atoms with van der Waals surface area (Å²) in [5.41, 5.74) is 0.0271. The molecule has 0 aliphatic rings. The Morgan fingerprint density at radius 1 is 1.47 bits per heavy atom. The molecule has 1 rings (SSSR count). The lowest BCUT2D eigenvalue weighted by Crippen LogP contribution is -2.27. The van der Waals surface area contributed by atoms with Gasteiger partial charge in [-0.25, -0.2) is 4.39 Å². The number of benzene rings is 1. The summed E-state index contributed by atoms with van der Waals surface area (Å²) in [6.45, 7) is 1.41. The van der Waals surface area contributed by atoms with Crippen molar-refractivity contribution in [2.75, 3.05) is 27.2 Å². The molecule has 0 spiro atoms. The molecule has 0 unspecified atom stereocenters. The van der Waals surface area contributed by atoms with E-state index < -0.39 is 11.7 Å². The Balaban J connectivity index is 2.47. The molecule has 0 saturated heterocycles. The standard InChI is InChI=1S/C12H16ClFN2O/c1-16(2)7-3-6-15-12(17)10-5-4-9(13)8-11(10)14/h4-5,8H,3,6-7H2,1-2H3,(H,15,17). The highest BCUT2D eigenvalue weighted by Crippen LogP contribution is 2.14. The Kier molecular flexibility index (Phi) is 5.38. The number of rotatable bonds is 5. The van der Waals surface area contributed by atoms with Crippen molar-refractivity contribution in [3.63, 3.8) is 0 Å². The predicted octanol–water partition coefficient (Wildman–Crippen LogP) is 2.16. The first kappa shape index (κ1) is 13.9. The van der Waals surface area contributed by atoms with Crippen LogP contribution in [0.2, 0.25) is 5.02 Å². The van der Waals surface area contributed by atoms with Gasteiger partial charge in [-0.2, -0.15) is 0 Å². The van der Waals surface area contributed by atoms with E-state index in [1.807, 2.05) is 19.0 Å². The van der Waals surface area contributed by atoms with E-state index >= 15 is 0 Å². The van der Waals surface area contributed by atoms with Crippen LogP contribution in [0.5, 0.6) is 0 Å². The van der Waals surface area contributed by atoms with Crippen LogP contribution in [0.3, 0.4) is 0 Å². The van der Waals surface area contributed by atoms with Crippen molar-refractivity contribution in [1.82, 2.24) is 10.2 Å². The van der Waals surface area contributed by atoms with Crippen LogP contribution in [0.4, 0.5) is 4.39 Å². The first-order valence-corrected chi connectivity index (χ1v) is 5.76. The second-order valence-electron chi connectivity index (χ2n) is 4.04. The van der Waals surface area contributed by atoms with Crippen LogP contribution in [-0.2, 0) is 0 Å². The zero-order valence-electron chi connectivity index (χ0n) is 9.96. The molecule has 0 aliphatic heterocycles. The van der Waals surface area contributed by atoms with Gasteiger partial charge in [0.2, 0.25) is 0 Å². The van der Waals surface area contributed by atoms with Crippen LogP contribution < -0.4 is 5.32 Å². The van der Waals surface area contributed by atoms with E-state index in [9.17, 15) is 9.18 Å². The summed E-state index contributed by atoms with van der Waals surface area (Å²) < 4.78 is 13.4. The fourth-order valence-electron chi connectivity index (χ4n) is 1.37. The lowest BCUT2D eigenvalue weighted by atomic mass is 10.2. The van der Waals surface area contributed by atoms with E-state index in [4.69, 9.17) is 11.6 Å². The van der Waals surface area contributed by atoms with Crippen LogP contribution in [0.15, 0.2) is 18.2 Å². The van der Waals surface area contributed by atoms with E-state index in [0.717, 1.165) is 19.0 Å². The van der Waals surface area contributed by atoms with Gasteiger partial charge in [0, 0.05) is 11.6 Å². The Labute approximate surface area is 106 Å². The predicted molar refractivity (Wildman–Crippen MR) is 66.9 cm³/mol. The number of carbonyl (C=O) groups excluding carboxylic acids is 1. The molecule has 0 bridgehead atoms. The number of nitrogens with zero attached hydrogens (tertiary/aromatic N) is 1. The molecule has 0 aliphatic carbocycles. The van der Waals surface area contributed by atoms with Crippen molar-refractivity contribution >= 4 is 17.5 Å². The van der Waals surface area contributed by atoms with Gasteiger partial charge < -0.3 is 10.2 Å². The number of hydrogen-bond donors (Lipinski definition) is 1. The van der Waals surface area contributed by atoms with E-state index in [1.165, 1.54) is 12.1 Å². The molecule has 1 aromatic rings. The number of halogens is 2. The minimum atomic E-state index is -0.595. The van der Waals surface area contributed by atoms with Crippen molar-refractivity contribution in [2.24, 2.45) is 0 Å². The topological polar surface area (TPSA) is 32.3 Å². The van der Waals surface area contributed by atoms with Gasteiger partial charge in [-0.1, -0.05) is 11.6 Å². The molecule has 0 aromatic heterocycles. The first-order chi connectivity index (χ1) is 8.00. The van der Waals surface area contributed by atoms with Gasteiger partial charge >= 0.3 is 0 Å². The molecule has 1 amide bonds. The van der Waals surface area contributed by atoms with Crippen LogP contribution >= 0.6 is 11.6 Å². The van der Waals surface area contributed by atoms with Gasteiger partial charge in [0.15, 0.2) is 0 Å². The largest absolute Gasteiger partial charge is 0.352 e. The van der Waals surface area contributed by atoms with E-state index in [0.29, 0.717) is 6.54 Å². The number of carbonyl (C=O) groups is 1. The van der Waals surface area contributed by atoms with Gasteiger partial charge in [0.1, 0.15) is 5.82 Å². The van der Waals surface area contributed by atoms with Gasteiger partial charge in [-0.05, 0) is 45.3 Å². The molecule has 3 nitrogen and oxygen atoms in total. The molecule has 94 valence electrons. The molecule has 0 heterocycles. The molecular formula is C12H16ClFN2O. The average Bonchev–Trinajstić information content (AvgIpc) is 2.23. The molecule has 0 saturated carbocycles. The van der Waals surface area contributed by atoms with Gasteiger partial charge in [0.05, 0.1) is 5.56 Å². The summed E-state index contributed by atoms with van der Waals surface area (Å²) in [7, 11) is 3.92. The summed E-state index contributed by atoms with van der Waals surface area (Å²) >= 11 is 5.61. The smallest absolute Gasteiger partial charge is 0.254 e. The van der Waals surface area contributed by atoms with Crippen molar-refractivity contribution in [3.05, 3.63) is 34.6 Å². The number of amides is 1. The van der Waals surface area contributed by atoms with Crippen molar-refractivity contribution in [3.8, 4) is 0 Å². The quantitative estimate of drug-likeness (QED) is 0.821. The monoisotopic (exact) mass is 258 g/mol. The van der Waals surface area contributed by atoms with E-state index in [2.05, 4.69) is 5.32 Å². The maximum Gasteiger partial charge on any atom is 0.254 e. The van der Waals surface area contributed by atoms with Crippen molar-refractivity contribution in [1.29, 1.82) is 0 Å². The molecule has 1 aromatic carbocycles. The molecule has 0 radical (unpaired) electrons. The van der Waals surface area contributed by atoms with Gasteiger partial charge in [-0.15, -0.1) is 0 Å². The Hall–Kier alpha value is -1.13. The van der Waals surface area contributed by atoms with Crippen LogP contribution in [0, 0.1) is 5.82 Å². The van der Waals surface area contributed by atoms with E-state index in [-0.39, 0.29) is 10.6 Å². The van der Waals surface area contributed by atoms with Crippen molar-refractivity contribution in [2.45, 2.75) is 6.42 Å². The molecular weight excluding hydrogens is 243 g/mol. The Morgan fingerprint density at radius 2 is 2.18 bits per heavy atom. The highest BCUT2D eigenvalue weighted by atomic mass is 35.5. The minimum absolute atomic E-state index is 0.0271. The second kappa shape index (κ2) is 6.57. The SMILES string of the molecule is CN(C)CCCNC(=O)c1ccc(Cl)cc1F. The Bertz CT molecular complexity index is 396. The summed E-state index contributed by atoms with van der Waals surface area (Å²) in [6.07, 6.45) is 0.827. The van der Waals surface area contributed by atoms with Crippen molar-refractivity contribution < 1.29 is 9.18 Å². The van der Waals surface area contributed by atoms with E-state index in [1.54, 1.807) is 0 Å². The fraction of sp³-hybridized carbons (Fsp3) is 0.417. The number of nitrogens with one attached hydrogen (secondary N) is 1. The zero-order chi connectivity index (χ0) is 12.8. The van der Waals surface area contributed by atoms with Crippen LogP contribution in [0.25, 0.3) is 0 Å². The summed E-state index contributed by atoms with van der Waals surface area (Å²) in [5.74, 6) is -1.000. The van der Waals surface area contributed by atoms with Crippen LogP contribution in [-0.4, -0.2) is 38.0 Å². The highest BCUT2D eigenvalue weighted by Gasteiger charge is 2.10. The normalized spacial score (nSPS) is 10.6. The lowest BCUT2D eigenvalue weighted by Gasteiger charge is -2.10. The average molecular weight is 259 g/mol. The molecule has 5 heteroatoms.